The molecule has 1 fully saturated rings. The van der Waals surface area contributed by atoms with Crippen LogP contribution in [0.1, 0.15) is 24.5 Å². The van der Waals surface area contributed by atoms with Gasteiger partial charge in [-0.15, -0.1) is 0 Å². The van der Waals surface area contributed by atoms with Crippen molar-refractivity contribution in [1.29, 1.82) is 0 Å². The predicted molar refractivity (Wildman–Crippen MR) is 89.0 cm³/mol. The molecule has 0 saturated carbocycles. The van der Waals surface area contributed by atoms with E-state index in [0.717, 1.165) is 17.0 Å². The summed E-state index contributed by atoms with van der Waals surface area (Å²) >= 11 is 0. The third kappa shape index (κ3) is 4.64. The normalized spacial score (nSPS) is 17.7. The molecule has 24 heavy (non-hydrogen) atoms. The average Bonchev–Trinajstić information content (AvgIpc) is 2.77. The summed E-state index contributed by atoms with van der Waals surface area (Å²) in [6.45, 7) is 2.49. The summed E-state index contributed by atoms with van der Waals surface area (Å²) in [5.41, 5.74) is 2.21. The van der Waals surface area contributed by atoms with E-state index < -0.39 is 11.9 Å². The molecule has 0 aromatic heterocycles. The Hall–Kier alpha value is -2.21. The summed E-state index contributed by atoms with van der Waals surface area (Å²) in [5.74, 6) is -1.53. The highest BCUT2D eigenvalue weighted by atomic mass is 16.5. The second-order valence-corrected chi connectivity index (χ2v) is 6.28. The largest absolute Gasteiger partial charge is 0.465 e. The van der Waals surface area contributed by atoms with Crippen molar-refractivity contribution in [2.24, 2.45) is 5.92 Å². The SMILES string of the molecule is CCOC(=O)CN1C(=O)CC(Cc2ccc(CN(C)C)cc2)C1=O. The maximum Gasteiger partial charge on any atom is 0.326 e. The van der Waals surface area contributed by atoms with Crippen molar-refractivity contribution in [1.82, 2.24) is 9.80 Å². The van der Waals surface area contributed by atoms with Crippen molar-refractivity contribution in [3.05, 3.63) is 35.4 Å². The van der Waals surface area contributed by atoms with E-state index in [2.05, 4.69) is 4.90 Å². The van der Waals surface area contributed by atoms with Crippen molar-refractivity contribution < 1.29 is 19.1 Å². The molecule has 0 aliphatic carbocycles. The average molecular weight is 332 g/mol. The first kappa shape index (κ1) is 18.1. The molecule has 1 aromatic carbocycles. The van der Waals surface area contributed by atoms with Gasteiger partial charge < -0.3 is 9.64 Å². The van der Waals surface area contributed by atoms with Gasteiger partial charge in [0.05, 0.1) is 12.5 Å². The number of carbonyl (C=O) groups is 3. The van der Waals surface area contributed by atoms with E-state index in [9.17, 15) is 14.4 Å². The smallest absolute Gasteiger partial charge is 0.326 e. The van der Waals surface area contributed by atoms with Gasteiger partial charge in [-0.2, -0.15) is 0 Å². The molecule has 1 aliphatic rings. The molecule has 2 amide bonds. The Morgan fingerprint density at radius 3 is 2.42 bits per heavy atom. The first-order valence-corrected chi connectivity index (χ1v) is 8.13. The molecule has 0 bridgehead atoms. The molecule has 1 unspecified atom stereocenters. The number of nitrogens with zero attached hydrogens (tertiary/aromatic N) is 2. The minimum atomic E-state index is -0.548. The maximum atomic E-state index is 12.4. The number of rotatable bonds is 7. The number of benzene rings is 1. The van der Waals surface area contributed by atoms with Crippen LogP contribution in [0.25, 0.3) is 0 Å². The zero-order chi connectivity index (χ0) is 17.7. The standard InChI is InChI=1S/C18H24N2O4/c1-4-24-17(22)12-20-16(21)10-15(18(20)23)9-13-5-7-14(8-6-13)11-19(2)3/h5-8,15H,4,9-12H2,1-3H3. The molecule has 0 radical (unpaired) electrons. The summed E-state index contributed by atoms with van der Waals surface area (Å²) in [4.78, 5) is 39.0. The van der Waals surface area contributed by atoms with Crippen LogP contribution < -0.4 is 0 Å². The quantitative estimate of drug-likeness (QED) is 0.555. The number of carbonyl (C=O) groups excluding carboxylic acids is 3. The highest BCUT2D eigenvalue weighted by molar-refractivity contribution is 6.05. The lowest BCUT2D eigenvalue weighted by Gasteiger charge is -2.14. The first-order valence-electron chi connectivity index (χ1n) is 8.13. The van der Waals surface area contributed by atoms with Gasteiger partial charge in [0.15, 0.2) is 0 Å². The summed E-state index contributed by atoms with van der Waals surface area (Å²) in [7, 11) is 4.02. The predicted octanol–water partition coefficient (Wildman–Crippen LogP) is 1.23. The number of hydrogen-bond acceptors (Lipinski definition) is 5. The minimum absolute atomic E-state index is 0.150. The van der Waals surface area contributed by atoms with E-state index in [1.165, 1.54) is 5.56 Å². The fourth-order valence-corrected chi connectivity index (χ4v) is 2.84. The third-order valence-corrected chi connectivity index (χ3v) is 3.93. The molecule has 6 nitrogen and oxygen atoms in total. The van der Waals surface area contributed by atoms with Crippen LogP contribution in [0.15, 0.2) is 24.3 Å². The van der Waals surface area contributed by atoms with E-state index in [4.69, 9.17) is 4.74 Å². The summed E-state index contributed by atoms with van der Waals surface area (Å²) in [5, 5.41) is 0. The Bertz CT molecular complexity index is 610. The molecule has 1 atom stereocenters. The molecule has 1 saturated heterocycles. The molecule has 2 rings (SSSR count). The number of likely N-dealkylation sites (tertiary alicyclic amines) is 1. The van der Waals surface area contributed by atoms with Crippen molar-refractivity contribution >= 4 is 17.8 Å². The fraction of sp³-hybridized carbons (Fsp3) is 0.500. The van der Waals surface area contributed by atoms with Crippen LogP contribution in [-0.2, 0) is 32.1 Å². The molecule has 130 valence electrons. The Labute approximate surface area is 142 Å². The van der Waals surface area contributed by atoms with E-state index >= 15 is 0 Å². The Morgan fingerprint density at radius 2 is 1.83 bits per heavy atom. The lowest BCUT2D eigenvalue weighted by atomic mass is 9.97. The number of hydrogen-bond donors (Lipinski definition) is 0. The van der Waals surface area contributed by atoms with Gasteiger partial charge in [0, 0.05) is 13.0 Å². The Kier molecular flexibility index (Phi) is 6.09. The number of amides is 2. The fourth-order valence-electron chi connectivity index (χ4n) is 2.84. The maximum absolute atomic E-state index is 12.4. The number of esters is 1. The Balaban J connectivity index is 1.97. The van der Waals surface area contributed by atoms with Crippen LogP contribution in [0.4, 0.5) is 0 Å². The lowest BCUT2D eigenvalue weighted by molar-refractivity contribution is -0.152. The van der Waals surface area contributed by atoms with Crippen LogP contribution in [0, 0.1) is 5.92 Å². The molecule has 6 heteroatoms. The molecular formula is C18H24N2O4. The molecule has 1 heterocycles. The lowest BCUT2D eigenvalue weighted by Crippen LogP contribution is -2.36. The molecular weight excluding hydrogens is 308 g/mol. The zero-order valence-corrected chi connectivity index (χ0v) is 14.4. The van der Waals surface area contributed by atoms with Crippen LogP contribution >= 0.6 is 0 Å². The number of ether oxygens (including phenoxy) is 1. The van der Waals surface area contributed by atoms with Gasteiger partial charge in [0.1, 0.15) is 6.54 Å². The Morgan fingerprint density at radius 1 is 1.21 bits per heavy atom. The molecule has 1 aliphatic heterocycles. The van der Waals surface area contributed by atoms with Gasteiger partial charge in [0.25, 0.3) is 0 Å². The molecule has 1 aromatic rings. The third-order valence-electron chi connectivity index (χ3n) is 3.93. The van der Waals surface area contributed by atoms with Gasteiger partial charge in [-0.1, -0.05) is 24.3 Å². The number of imide groups is 1. The summed E-state index contributed by atoms with van der Waals surface area (Å²) in [6, 6.07) is 8.05. The van der Waals surface area contributed by atoms with Crippen molar-refractivity contribution in [2.45, 2.75) is 26.3 Å². The van der Waals surface area contributed by atoms with Crippen LogP contribution in [0.3, 0.4) is 0 Å². The van der Waals surface area contributed by atoms with Crippen molar-refractivity contribution in [2.75, 3.05) is 27.2 Å². The van der Waals surface area contributed by atoms with Gasteiger partial charge in [-0.25, -0.2) is 0 Å². The topological polar surface area (TPSA) is 66.9 Å². The van der Waals surface area contributed by atoms with E-state index in [1.54, 1.807) is 6.92 Å². The molecule has 0 spiro atoms. The second-order valence-electron chi connectivity index (χ2n) is 6.28. The summed E-state index contributed by atoms with van der Waals surface area (Å²) < 4.78 is 4.81. The van der Waals surface area contributed by atoms with E-state index in [0.29, 0.717) is 6.42 Å². The second kappa shape index (κ2) is 8.06. The monoisotopic (exact) mass is 332 g/mol. The van der Waals surface area contributed by atoms with Crippen LogP contribution in [-0.4, -0.2) is 54.8 Å². The van der Waals surface area contributed by atoms with Gasteiger partial charge >= 0.3 is 5.97 Å². The van der Waals surface area contributed by atoms with Gasteiger partial charge in [-0.3, -0.25) is 19.3 Å². The van der Waals surface area contributed by atoms with Crippen LogP contribution in [0.5, 0.6) is 0 Å². The van der Waals surface area contributed by atoms with Gasteiger partial charge in [-0.05, 0) is 38.6 Å². The van der Waals surface area contributed by atoms with Crippen LogP contribution in [0.2, 0.25) is 0 Å². The first-order chi connectivity index (χ1) is 11.4. The summed E-state index contributed by atoms with van der Waals surface area (Å²) in [6.07, 6.45) is 0.657. The highest BCUT2D eigenvalue weighted by Crippen LogP contribution is 2.24. The zero-order valence-electron chi connectivity index (χ0n) is 14.4. The van der Waals surface area contributed by atoms with Gasteiger partial charge in [0.2, 0.25) is 11.8 Å². The van der Waals surface area contributed by atoms with E-state index in [1.807, 2.05) is 38.4 Å². The van der Waals surface area contributed by atoms with Crippen molar-refractivity contribution in [3.8, 4) is 0 Å². The van der Waals surface area contributed by atoms with Crippen molar-refractivity contribution in [3.63, 3.8) is 0 Å². The minimum Gasteiger partial charge on any atom is -0.465 e. The van der Waals surface area contributed by atoms with E-state index in [-0.39, 0.29) is 31.4 Å². The molecule has 0 N–H and O–H groups in total. The highest BCUT2D eigenvalue weighted by Gasteiger charge is 2.39.